The van der Waals surface area contributed by atoms with Crippen LogP contribution in [0, 0.1) is 0 Å². The highest BCUT2D eigenvalue weighted by Gasteiger charge is 2.15. The maximum absolute atomic E-state index is 6.72. The average molecular weight is 584 g/mol. The van der Waals surface area contributed by atoms with E-state index in [0.29, 0.717) is 5.02 Å². The second-order valence-corrected chi connectivity index (χ2v) is 11.3. The lowest BCUT2D eigenvalue weighted by atomic mass is 9.92. The Bertz CT molecular complexity index is 1930. The zero-order chi connectivity index (χ0) is 29.7. The van der Waals surface area contributed by atoms with Gasteiger partial charge in [0.15, 0.2) is 0 Å². The molecule has 0 radical (unpaired) electrons. The Labute approximate surface area is 264 Å². The zero-order valence-corrected chi connectivity index (χ0v) is 24.9. The highest BCUT2D eigenvalue weighted by atomic mass is 35.5. The molecule has 0 aromatic heterocycles. The summed E-state index contributed by atoms with van der Waals surface area (Å²) in [5.74, 6) is 0. The molecule has 0 spiro atoms. The van der Waals surface area contributed by atoms with E-state index in [1.165, 1.54) is 22.3 Å². The van der Waals surface area contributed by atoms with Crippen LogP contribution in [-0.4, -0.2) is 0 Å². The van der Waals surface area contributed by atoms with Gasteiger partial charge in [0.2, 0.25) is 0 Å². The number of hydrogen-bond acceptors (Lipinski definition) is 1. The van der Waals surface area contributed by atoms with Crippen LogP contribution >= 0.6 is 11.6 Å². The van der Waals surface area contributed by atoms with Crippen LogP contribution in [0.2, 0.25) is 5.02 Å². The second kappa shape index (κ2) is 12.5. The molecule has 0 atom stereocenters. The highest BCUT2D eigenvalue weighted by molar-refractivity contribution is 6.31. The number of halogens is 1. The first-order chi connectivity index (χ1) is 21.7. The molecule has 0 fully saturated rings. The fraction of sp³-hybridized carbons (Fsp3) is 0. The van der Waals surface area contributed by atoms with Crippen LogP contribution in [0.15, 0.2) is 176 Å². The van der Waals surface area contributed by atoms with Crippen molar-refractivity contribution in [2.75, 3.05) is 5.32 Å². The fourth-order valence-corrected chi connectivity index (χ4v) is 6.00. The second-order valence-electron chi connectivity index (χ2n) is 10.8. The van der Waals surface area contributed by atoms with Gasteiger partial charge in [-0.15, -0.1) is 0 Å². The third kappa shape index (κ3) is 5.92. The molecule has 1 nitrogen and oxygen atoms in total. The number of para-hydroxylation sites is 1. The molecule has 7 aromatic rings. The zero-order valence-electron chi connectivity index (χ0n) is 24.1. The number of anilines is 2. The van der Waals surface area contributed by atoms with Crippen molar-refractivity contribution in [2.24, 2.45) is 0 Å². The van der Waals surface area contributed by atoms with Gasteiger partial charge in [-0.05, 0) is 74.8 Å². The molecule has 44 heavy (non-hydrogen) atoms. The quantitative estimate of drug-likeness (QED) is 0.197. The minimum Gasteiger partial charge on any atom is -0.354 e. The number of benzene rings is 7. The third-order valence-corrected chi connectivity index (χ3v) is 8.12. The summed E-state index contributed by atoms with van der Waals surface area (Å²) in [5.41, 5.74) is 13.4. The molecule has 7 rings (SSSR count). The lowest BCUT2D eigenvalue weighted by Gasteiger charge is -2.19. The van der Waals surface area contributed by atoms with Crippen LogP contribution in [-0.2, 0) is 0 Å². The molecular formula is C42H30ClN. The highest BCUT2D eigenvalue weighted by Crippen LogP contribution is 2.41. The predicted octanol–water partition coefficient (Wildman–Crippen LogP) is 12.4. The maximum Gasteiger partial charge on any atom is 0.0543 e. The van der Waals surface area contributed by atoms with Gasteiger partial charge in [0.1, 0.15) is 0 Å². The fourth-order valence-electron chi connectivity index (χ4n) is 5.77. The molecule has 0 unspecified atom stereocenters. The van der Waals surface area contributed by atoms with E-state index in [4.69, 9.17) is 11.6 Å². The van der Waals surface area contributed by atoms with Crippen LogP contribution < -0.4 is 5.32 Å². The van der Waals surface area contributed by atoms with E-state index in [1.807, 2.05) is 18.2 Å². The monoisotopic (exact) mass is 583 g/mol. The molecule has 0 aliphatic carbocycles. The predicted molar refractivity (Wildman–Crippen MR) is 188 cm³/mol. The van der Waals surface area contributed by atoms with Crippen molar-refractivity contribution < 1.29 is 0 Å². The molecule has 0 aliphatic heterocycles. The van der Waals surface area contributed by atoms with Crippen molar-refractivity contribution >= 4 is 23.0 Å². The smallest absolute Gasteiger partial charge is 0.0543 e. The van der Waals surface area contributed by atoms with Crippen LogP contribution in [0.3, 0.4) is 0 Å². The normalized spacial score (nSPS) is 10.8. The Morgan fingerprint density at radius 2 is 0.727 bits per heavy atom. The van der Waals surface area contributed by atoms with Gasteiger partial charge in [0.05, 0.1) is 5.69 Å². The Hall–Kier alpha value is -5.37. The summed E-state index contributed by atoms with van der Waals surface area (Å²) < 4.78 is 0. The van der Waals surface area contributed by atoms with Gasteiger partial charge in [-0.1, -0.05) is 157 Å². The Balaban J connectivity index is 1.39. The molecule has 210 valence electrons. The average Bonchev–Trinajstić information content (AvgIpc) is 3.09. The lowest BCUT2D eigenvalue weighted by Crippen LogP contribution is -1.98. The van der Waals surface area contributed by atoms with Gasteiger partial charge in [-0.25, -0.2) is 0 Å². The summed E-state index contributed by atoms with van der Waals surface area (Å²) in [5, 5.41) is 4.51. The standard InChI is InChI=1S/C42H30ClN/c43-38-27-37(32-17-8-3-9-18-32)28-39(29-38)44-42-40(35-21-10-19-33(25-35)30-13-4-1-5-14-30)23-12-24-41(42)36-22-11-20-34(26-36)31-15-6-2-7-16-31/h1-29,44H. The van der Waals surface area contributed by atoms with E-state index in [-0.39, 0.29) is 0 Å². The summed E-state index contributed by atoms with van der Waals surface area (Å²) in [7, 11) is 0. The first-order valence-electron chi connectivity index (χ1n) is 14.8. The molecular weight excluding hydrogens is 554 g/mol. The van der Waals surface area contributed by atoms with Gasteiger partial charge < -0.3 is 5.32 Å². The van der Waals surface area contributed by atoms with Crippen LogP contribution in [0.4, 0.5) is 11.4 Å². The summed E-state index contributed by atoms with van der Waals surface area (Å²) in [6.45, 7) is 0. The Kier molecular flexibility index (Phi) is 7.78. The van der Waals surface area contributed by atoms with Crippen LogP contribution in [0.25, 0.3) is 55.6 Å². The van der Waals surface area contributed by atoms with E-state index in [9.17, 15) is 0 Å². The topological polar surface area (TPSA) is 12.0 Å². The van der Waals surface area contributed by atoms with Gasteiger partial charge in [-0.2, -0.15) is 0 Å². The van der Waals surface area contributed by atoms with Crippen molar-refractivity contribution in [3.63, 3.8) is 0 Å². The Morgan fingerprint density at radius 1 is 0.318 bits per heavy atom. The Morgan fingerprint density at radius 3 is 1.23 bits per heavy atom. The molecule has 0 aliphatic rings. The van der Waals surface area contributed by atoms with Crippen molar-refractivity contribution in [2.45, 2.75) is 0 Å². The van der Waals surface area contributed by atoms with Gasteiger partial charge in [0, 0.05) is 21.8 Å². The minimum absolute atomic E-state index is 0.685. The first-order valence-corrected chi connectivity index (χ1v) is 15.2. The summed E-state index contributed by atoms with van der Waals surface area (Å²) >= 11 is 6.72. The molecule has 0 saturated carbocycles. The summed E-state index contributed by atoms with van der Waals surface area (Å²) in [6, 6.07) is 61.6. The molecule has 0 amide bonds. The largest absolute Gasteiger partial charge is 0.354 e. The van der Waals surface area contributed by atoms with E-state index in [0.717, 1.165) is 44.8 Å². The molecule has 2 heteroatoms. The molecule has 7 aromatic carbocycles. The first kappa shape index (κ1) is 27.5. The molecule has 0 heterocycles. The maximum atomic E-state index is 6.72. The SMILES string of the molecule is Clc1cc(Nc2c(-c3cccc(-c4ccccc4)c3)cccc2-c2cccc(-c3ccccc3)c2)cc(-c2ccccc2)c1. The van der Waals surface area contributed by atoms with Gasteiger partial charge in [0.25, 0.3) is 0 Å². The lowest BCUT2D eigenvalue weighted by molar-refractivity contribution is 1.51. The number of nitrogens with one attached hydrogen (secondary N) is 1. The molecule has 0 saturated heterocycles. The van der Waals surface area contributed by atoms with Gasteiger partial charge >= 0.3 is 0 Å². The van der Waals surface area contributed by atoms with Crippen LogP contribution in [0.1, 0.15) is 0 Å². The minimum atomic E-state index is 0.685. The van der Waals surface area contributed by atoms with E-state index in [2.05, 4.69) is 163 Å². The van der Waals surface area contributed by atoms with E-state index >= 15 is 0 Å². The summed E-state index contributed by atoms with van der Waals surface area (Å²) in [4.78, 5) is 0. The molecule has 1 N–H and O–H groups in total. The van der Waals surface area contributed by atoms with E-state index < -0.39 is 0 Å². The van der Waals surface area contributed by atoms with Crippen molar-refractivity contribution in [1.82, 2.24) is 0 Å². The van der Waals surface area contributed by atoms with Crippen molar-refractivity contribution in [3.05, 3.63) is 181 Å². The van der Waals surface area contributed by atoms with Crippen molar-refractivity contribution in [3.8, 4) is 55.6 Å². The van der Waals surface area contributed by atoms with E-state index in [1.54, 1.807) is 0 Å². The van der Waals surface area contributed by atoms with Crippen LogP contribution in [0.5, 0.6) is 0 Å². The van der Waals surface area contributed by atoms with Crippen molar-refractivity contribution in [1.29, 1.82) is 0 Å². The number of rotatable bonds is 7. The number of hydrogen-bond donors (Lipinski definition) is 1. The van der Waals surface area contributed by atoms with Gasteiger partial charge in [-0.3, -0.25) is 0 Å². The third-order valence-electron chi connectivity index (χ3n) is 7.90. The molecule has 0 bridgehead atoms. The summed E-state index contributed by atoms with van der Waals surface area (Å²) in [6.07, 6.45) is 0.